The summed E-state index contributed by atoms with van der Waals surface area (Å²) in [5.74, 6) is 0.626. The molecule has 6 nitrogen and oxygen atoms in total. The van der Waals surface area contributed by atoms with Crippen LogP contribution in [0.1, 0.15) is 51.3 Å². The molecule has 0 heterocycles. The van der Waals surface area contributed by atoms with Gasteiger partial charge < -0.3 is 14.8 Å². The molecule has 0 aliphatic heterocycles. The van der Waals surface area contributed by atoms with E-state index in [0.29, 0.717) is 19.7 Å². The molecule has 0 atom stereocenters. The monoisotopic (exact) mass is 488 g/mol. The van der Waals surface area contributed by atoms with Gasteiger partial charge in [-0.2, -0.15) is 0 Å². The van der Waals surface area contributed by atoms with E-state index in [1.54, 1.807) is 4.90 Å². The van der Waals surface area contributed by atoms with Crippen LogP contribution in [-0.2, 0) is 29.2 Å². The molecule has 0 saturated carbocycles. The Morgan fingerprint density at radius 1 is 0.833 bits per heavy atom. The summed E-state index contributed by atoms with van der Waals surface area (Å²) in [7, 11) is 0. The van der Waals surface area contributed by atoms with Crippen molar-refractivity contribution in [2.24, 2.45) is 5.92 Å². The molecule has 3 aromatic carbocycles. The van der Waals surface area contributed by atoms with Crippen molar-refractivity contribution in [3.63, 3.8) is 0 Å². The number of anilines is 1. The first-order valence-corrected chi connectivity index (χ1v) is 12.2. The lowest BCUT2D eigenvalue weighted by Crippen LogP contribution is -2.36. The lowest BCUT2D eigenvalue weighted by atomic mass is 10.1. The summed E-state index contributed by atoms with van der Waals surface area (Å²) in [6.07, 6.45) is -0.351. The van der Waals surface area contributed by atoms with Crippen molar-refractivity contribution in [3.05, 3.63) is 95.6 Å². The van der Waals surface area contributed by atoms with Gasteiger partial charge in [0, 0.05) is 24.7 Å². The Kier molecular flexibility index (Phi) is 9.12. The van der Waals surface area contributed by atoms with Gasteiger partial charge in [0.15, 0.2) is 0 Å². The summed E-state index contributed by atoms with van der Waals surface area (Å²) in [6, 6.07) is 25.2. The van der Waals surface area contributed by atoms with Crippen LogP contribution in [0.25, 0.3) is 0 Å². The smallest absolute Gasteiger partial charge is 0.410 e. The highest BCUT2D eigenvalue weighted by Gasteiger charge is 2.22. The molecule has 6 heteroatoms. The van der Waals surface area contributed by atoms with Crippen molar-refractivity contribution in [1.82, 2.24) is 4.90 Å². The Hall–Kier alpha value is -3.80. The van der Waals surface area contributed by atoms with Gasteiger partial charge in [0.1, 0.15) is 18.0 Å². The Balaban J connectivity index is 1.62. The number of rotatable bonds is 9. The van der Waals surface area contributed by atoms with Crippen molar-refractivity contribution >= 4 is 17.7 Å². The zero-order valence-electron chi connectivity index (χ0n) is 21.8. The predicted molar refractivity (Wildman–Crippen MR) is 143 cm³/mol. The molecule has 0 unspecified atom stereocenters. The summed E-state index contributed by atoms with van der Waals surface area (Å²) in [6.45, 7) is 10.6. The van der Waals surface area contributed by atoms with Crippen LogP contribution in [0, 0.1) is 5.92 Å². The molecule has 1 N–H and O–H groups in total. The normalized spacial score (nSPS) is 11.2. The molecule has 3 aromatic rings. The van der Waals surface area contributed by atoms with Crippen LogP contribution in [0.3, 0.4) is 0 Å². The zero-order chi connectivity index (χ0) is 26.1. The van der Waals surface area contributed by atoms with Gasteiger partial charge in [0.05, 0.1) is 0 Å². The Labute approximate surface area is 214 Å². The van der Waals surface area contributed by atoms with Gasteiger partial charge in [0.2, 0.25) is 5.91 Å². The van der Waals surface area contributed by atoms with E-state index in [1.165, 1.54) is 0 Å². The third-order valence-electron chi connectivity index (χ3n) is 5.29. The summed E-state index contributed by atoms with van der Waals surface area (Å²) < 4.78 is 11.6. The van der Waals surface area contributed by atoms with E-state index in [9.17, 15) is 9.59 Å². The second kappa shape index (κ2) is 12.2. The number of carbonyl (C=O) groups is 2. The maximum Gasteiger partial charge on any atom is 0.410 e. The van der Waals surface area contributed by atoms with Gasteiger partial charge >= 0.3 is 6.09 Å². The van der Waals surface area contributed by atoms with Crippen LogP contribution in [0.2, 0.25) is 0 Å². The lowest BCUT2D eigenvalue weighted by molar-refractivity contribution is -0.118. The van der Waals surface area contributed by atoms with Crippen LogP contribution < -0.4 is 10.1 Å². The van der Waals surface area contributed by atoms with Crippen LogP contribution in [0.4, 0.5) is 10.5 Å². The third kappa shape index (κ3) is 8.77. The minimum atomic E-state index is -0.571. The van der Waals surface area contributed by atoms with Gasteiger partial charge in [-0.05, 0) is 61.7 Å². The van der Waals surface area contributed by atoms with Crippen molar-refractivity contribution in [1.29, 1.82) is 0 Å². The van der Waals surface area contributed by atoms with Crippen molar-refractivity contribution in [3.8, 4) is 5.75 Å². The predicted octanol–water partition coefficient (Wildman–Crippen LogP) is 6.80. The number of nitrogens with one attached hydrogen (secondary N) is 1. The van der Waals surface area contributed by atoms with Crippen molar-refractivity contribution in [2.45, 2.75) is 59.9 Å². The van der Waals surface area contributed by atoms with E-state index < -0.39 is 5.60 Å². The molecule has 0 spiro atoms. The van der Waals surface area contributed by atoms with Crippen molar-refractivity contribution in [2.75, 3.05) is 5.32 Å². The average molecular weight is 489 g/mol. The second-order valence-electron chi connectivity index (χ2n) is 10.1. The summed E-state index contributed by atoms with van der Waals surface area (Å²) >= 11 is 0. The number of carbonyl (C=O) groups excluding carboxylic acids is 2. The number of nitrogens with zero attached hydrogens (tertiary/aromatic N) is 1. The maximum atomic E-state index is 12.9. The molecular formula is C30H36N2O4. The van der Waals surface area contributed by atoms with E-state index in [0.717, 1.165) is 28.1 Å². The quantitative estimate of drug-likeness (QED) is 0.360. The molecule has 190 valence electrons. The van der Waals surface area contributed by atoms with Gasteiger partial charge in [-0.15, -0.1) is 0 Å². The molecule has 0 saturated heterocycles. The summed E-state index contributed by atoms with van der Waals surface area (Å²) in [5, 5.41) is 2.91. The fourth-order valence-corrected chi connectivity index (χ4v) is 3.42. The van der Waals surface area contributed by atoms with Gasteiger partial charge in [-0.3, -0.25) is 9.69 Å². The number of amides is 2. The fraction of sp³-hybridized carbons (Fsp3) is 0.333. The number of benzene rings is 3. The van der Waals surface area contributed by atoms with E-state index >= 15 is 0 Å². The molecule has 0 aliphatic rings. The van der Waals surface area contributed by atoms with E-state index in [1.807, 2.05) is 113 Å². The highest BCUT2D eigenvalue weighted by Crippen LogP contribution is 2.20. The molecule has 0 aromatic heterocycles. The van der Waals surface area contributed by atoms with Crippen LogP contribution in [0.15, 0.2) is 78.9 Å². The van der Waals surface area contributed by atoms with Gasteiger partial charge in [-0.1, -0.05) is 68.4 Å². The first kappa shape index (κ1) is 26.8. The summed E-state index contributed by atoms with van der Waals surface area (Å²) in [5.41, 5.74) is 3.15. The van der Waals surface area contributed by atoms with E-state index in [-0.39, 0.29) is 17.9 Å². The molecule has 36 heavy (non-hydrogen) atoms. The average Bonchev–Trinajstić information content (AvgIpc) is 2.83. The second-order valence-corrected chi connectivity index (χ2v) is 10.1. The van der Waals surface area contributed by atoms with Crippen LogP contribution in [0.5, 0.6) is 5.75 Å². The largest absolute Gasteiger partial charge is 0.489 e. The first-order chi connectivity index (χ1) is 17.1. The number of hydrogen-bond acceptors (Lipinski definition) is 4. The minimum Gasteiger partial charge on any atom is -0.489 e. The zero-order valence-corrected chi connectivity index (χ0v) is 21.8. The van der Waals surface area contributed by atoms with Gasteiger partial charge in [-0.25, -0.2) is 4.79 Å². The number of ether oxygens (including phenoxy) is 2. The molecular weight excluding hydrogens is 452 g/mol. The molecule has 0 fully saturated rings. The standard InChI is InChI=1S/C30H36N2O4/c1-22(2)28(33)31-26-13-9-12-25(18-26)21-35-27-16-14-24(15-17-27)20-32(29(34)36-30(3,4)5)19-23-10-7-6-8-11-23/h6-18,22H,19-21H2,1-5H3,(H,31,33). The Morgan fingerprint density at radius 3 is 2.06 bits per heavy atom. The first-order valence-electron chi connectivity index (χ1n) is 12.2. The van der Waals surface area contributed by atoms with Crippen LogP contribution in [-0.4, -0.2) is 22.5 Å². The van der Waals surface area contributed by atoms with Gasteiger partial charge in [0.25, 0.3) is 0 Å². The third-order valence-corrected chi connectivity index (χ3v) is 5.29. The SMILES string of the molecule is CC(C)C(=O)Nc1cccc(COc2ccc(CN(Cc3ccccc3)C(=O)OC(C)(C)C)cc2)c1. The molecule has 0 bridgehead atoms. The maximum absolute atomic E-state index is 12.9. The van der Waals surface area contributed by atoms with E-state index in [2.05, 4.69) is 5.32 Å². The summed E-state index contributed by atoms with van der Waals surface area (Å²) in [4.78, 5) is 26.5. The van der Waals surface area contributed by atoms with Crippen LogP contribution >= 0.6 is 0 Å². The molecule has 3 rings (SSSR count). The van der Waals surface area contributed by atoms with E-state index in [4.69, 9.17) is 9.47 Å². The minimum absolute atomic E-state index is 0.0173. The Bertz CT molecular complexity index is 1140. The topological polar surface area (TPSA) is 67.9 Å². The molecule has 2 amide bonds. The molecule has 0 aliphatic carbocycles. The highest BCUT2D eigenvalue weighted by atomic mass is 16.6. The molecule has 0 radical (unpaired) electrons. The lowest BCUT2D eigenvalue weighted by Gasteiger charge is -2.27. The number of hydrogen-bond donors (Lipinski definition) is 1. The fourth-order valence-electron chi connectivity index (χ4n) is 3.42. The Morgan fingerprint density at radius 2 is 1.44 bits per heavy atom. The highest BCUT2D eigenvalue weighted by molar-refractivity contribution is 5.92. The van der Waals surface area contributed by atoms with Crippen molar-refractivity contribution < 1.29 is 19.1 Å².